The van der Waals surface area contributed by atoms with Gasteiger partial charge in [-0.1, -0.05) is 19.9 Å². The maximum absolute atomic E-state index is 13.4. The van der Waals surface area contributed by atoms with Gasteiger partial charge < -0.3 is 10.1 Å². The van der Waals surface area contributed by atoms with Crippen LogP contribution in [0.25, 0.3) is 0 Å². The number of hydrogen-bond donors (Lipinski definition) is 1. The van der Waals surface area contributed by atoms with Gasteiger partial charge in [0.05, 0.1) is 18.0 Å². The van der Waals surface area contributed by atoms with E-state index >= 15 is 0 Å². The average molecular weight is 471 g/mol. The third-order valence-corrected chi connectivity index (χ3v) is 9.11. The number of dihydropyridines is 1. The van der Waals surface area contributed by atoms with Gasteiger partial charge in [-0.2, -0.15) is 9.42 Å². The minimum atomic E-state index is -3.67. The maximum atomic E-state index is 13.4. The van der Waals surface area contributed by atoms with Crippen LogP contribution < -0.4 is 10.1 Å². The zero-order valence-electron chi connectivity index (χ0n) is 19.3. The molecule has 0 saturated carbocycles. The molecule has 1 spiro atoms. The number of ether oxygens (including phenoxy) is 1. The van der Waals surface area contributed by atoms with E-state index in [-0.39, 0.29) is 16.1 Å². The Kier molecular flexibility index (Phi) is 5.25. The van der Waals surface area contributed by atoms with Crippen molar-refractivity contribution in [3.05, 3.63) is 46.9 Å². The number of ketones is 1. The van der Waals surface area contributed by atoms with Crippen molar-refractivity contribution in [3.8, 4) is 5.75 Å². The summed E-state index contributed by atoms with van der Waals surface area (Å²) in [5.74, 6) is 1.45. The second-order valence-electron chi connectivity index (χ2n) is 10.0. The minimum absolute atomic E-state index is 0.118. The molecule has 0 amide bonds. The molecule has 5 rings (SSSR count). The van der Waals surface area contributed by atoms with Crippen LogP contribution in [0.2, 0.25) is 0 Å². The minimum Gasteiger partial charge on any atom is -0.494 e. The molecule has 9 heteroatoms. The molecule has 0 radical (unpaired) electrons. The van der Waals surface area contributed by atoms with Crippen LogP contribution >= 0.6 is 0 Å². The van der Waals surface area contributed by atoms with Gasteiger partial charge >= 0.3 is 0 Å². The number of sulfonamides is 1. The summed E-state index contributed by atoms with van der Waals surface area (Å²) in [5.41, 5.74) is 2.20. The van der Waals surface area contributed by atoms with Gasteiger partial charge in [-0.25, -0.2) is 8.42 Å². The number of carbonyl (C=O) groups excluding carboxylic acids is 1. The molecule has 1 N–H and O–H groups in total. The number of piperidine rings is 1. The third kappa shape index (κ3) is 3.61. The van der Waals surface area contributed by atoms with E-state index in [4.69, 9.17) is 4.74 Å². The fourth-order valence-corrected chi connectivity index (χ4v) is 7.24. The molecule has 176 valence electrons. The fraction of sp³-hybridized carbons (Fsp3) is 0.542. The summed E-state index contributed by atoms with van der Waals surface area (Å²) in [7, 11) is -3.67. The van der Waals surface area contributed by atoms with E-state index in [1.54, 1.807) is 24.3 Å². The van der Waals surface area contributed by atoms with E-state index in [0.717, 1.165) is 29.1 Å². The number of Topliss-reactive ketones (excluding diaryl/α,β-unsaturated/α-hetero) is 1. The molecule has 4 aliphatic rings. The lowest BCUT2D eigenvalue weighted by Crippen LogP contribution is -2.50. The van der Waals surface area contributed by atoms with Crippen molar-refractivity contribution in [2.75, 3.05) is 26.2 Å². The molecular weight excluding hydrogens is 440 g/mol. The second-order valence-corrected chi connectivity index (χ2v) is 12.0. The number of benzene rings is 1. The molecule has 33 heavy (non-hydrogen) atoms. The molecule has 3 aliphatic heterocycles. The van der Waals surface area contributed by atoms with Gasteiger partial charge in [-0.15, -0.1) is 5.11 Å². The quantitative estimate of drug-likeness (QED) is 0.722. The highest BCUT2D eigenvalue weighted by atomic mass is 32.2. The van der Waals surface area contributed by atoms with Gasteiger partial charge in [0, 0.05) is 47.8 Å². The Morgan fingerprint density at radius 3 is 2.67 bits per heavy atom. The van der Waals surface area contributed by atoms with Crippen LogP contribution in [0.3, 0.4) is 0 Å². The predicted octanol–water partition coefficient (Wildman–Crippen LogP) is 3.78. The molecule has 0 bridgehead atoms. The number of nitrogens with one attached hydrogen (secondary N) is 1. The van der Waals surface area contributed by atoms with Gasteiger partial charge in [0.25, 0.3) is 0 Å². The molecule has 1 saturated heterocycles. The Labute approximate surface area is 194 Å². The normalized spacial score (nSPS) is 24.0. The summed E-state index contributed by atoms with van der Waals surface area (Å²) in [6.07, 6.45) is 2.37. The monoisotopic (exact) mass is 470 g/mol. The van der Waals surface area contributed by atoms with Crippen LogP contribution in [0, 0.1) is 10.8 Å². The van der Waals surface area contributed by atoms with Gasteiger partial charge in [0.15, 0.2) is 11.6 Å². The second kappa shape index (κ2) is 7.77. The first-order chi connectivity index (χ1) is 15.7. The van der Waals surface area contributed by atoms with E-state index in [9.17, 15) is 13.2 Å². The van der Waals surface area contributed by atoms with E-state index < -0.39 is 15.4 Å². The summed E-state index contributed by atoms with van der Waals surface area (Å²) < 4.78 is 33.8. The number of rotatable bonds is 4. The Bertz CT molecular complexity index is 1200. The molecule has 0 unspecified atom stereocenters. The predicted molar refractivity (Wildman–Crippen MR) is 123 cm³/mol. The van der Waals surface area contributed by atoms with Crippen LogP contribution in [-0.2, 0) is 14.8 Å². The maximum Gasteiger partial charge on any atom is 0.243 e. The molecule has 0 atom stereocenters. The van der Waals surface area contributed by atoms with Crippen LogP contribution in [0.5, 0.6) is 5.75 Å². The molecule has 1 aromatic carbocycles. The lowest BCUT2D eigenvalue weighted by atomic mass is 9.60. The van der Waals surface area contributed by atoms with E-state index in [2.05, 4.69) is 29.4 Å². The van der Waals surface area contributed by atoms with Crippen LogP contribution in [0.15, 0.2) is 62.1 Å². The molecular formula is C24H30N4O4S. The van der Waals surface area contributed by atoms with E-state index in [1.807, 2.05) is 6.92 Å². The number of hydrogen-bond acceptors (Lipinski definition) is 7. The summed E-state index contributed by atoms with van der Waals surface area (Å²) in [6, 6.07) is 6.65. The summed E-state index contributed by atoms with van der Waals surface area (Å²) in [6.45, 7) is 7.68. The Hall–Kier alpha value is -2.52. The zero-order chi connectivity index (χ0) is 23.4. The lowest BCUT2D eigenvalue weighted by molar-refractivity contribution is -0.119. The third-order valence-electron chi connectivity index (χ3n) is 7.22. The van der Waals surface area contributed by atoms with Gasteiger partial charge in [0.2, 0.25) is 10.0 Å². The number of allylic oxidation sites excluding steroid dienone is 2. The summed E-state index contributed by atoms with van der Waals surface area (Å²) >= 11 is 0. The number of fused-ring (bicyclic) bond motifs is 2. The standard InChI is InChI=1S/C24H30N4O4S/c1-4-32-16-6-5-7-17(12-16)33(30,31)28-10-8-24(9-11-28)18-15-25-27-22(18)26-19-13-23(2,3)14-20(29)21(19)24/h5-7,12,26H,4,8-11,13-15H2,1-3H3. The van der Waals surface area contributed by atoms with Crippen molar-refractivity contribution in [1.29, 1.82) is 0 Å². The topological polar surface area (TPSA) is 100 Å². The van der Waals surface area contributed by atoms with Crippen LogP contribution in [-0.4, -0.2) is 44.7 Å². The van der Waals surface area contributed by atoms with Gasteiger partial charge in [-0.05, 0) is 43.7 Å². The number of nitrogens with zero attached hydrogens (tertiary/aromatic N) is 3. The van der Waals surface area contributed by atoms with E-state index in [0.29, 0.717) is 51.3 Å². The van der Waals surface area contributed by atoms with Gasteiger partial charge in [-0.3, -0.25) is 4.79 Å². The Morgan fingerprint density at radius 2 is 1.94 bits per heavy atom. The first-order valence-electron chi connectivity index (χ1n) is 11.5. The van der Waals surface area contributed by atoms with Crippen molar-refractivity contribution >= 4 is 15.8 Å². The number of carbonyl (C=O) groups is 1. The van der Waals surface area contributed by atoms with Crippen molar-refractivity contribution < 1.29 is 17.9 Å². The molecule has 8 nitrogen and oxygen atoms in total. The van der Waals surface area contributed by atoms with E-state index in [1.165, 1.54) is 4.31 Å². The highest BCUT2D eigenvalue weighted by molar-refractivity contribution is 7.89. The van der Waals surface area contributed by atoms with Crippen LogP contribution in [0.1, 0.15) is 46.5 Å². The van der Waals surface area contributed by atoms with Crippen molar-refractivity contribution in [3.63, 3.8) is 0 Å². The highest BCUT2D eigenvalue weighted by Gasteiger charge is 2.53. The smallest absolute Gasteiger partial charge is 0.243 e. The number of azo groups is 1. The largest absolute Gasteiger partial charge is 0.494 e. The summed E-state index contributed by atoms with van der Waals surface area (Å²) in [4.78, 5) is 13.6. The molecule has 0 aromatic heterocycles. The SMILES string of the molecule is CCOc1cccc(S(=O)(=O)N2CCC3(CC2)C2=C(N=NC2)NC2=C3C(=O)CC(C)(C)C2)c1. The zero-order valence-corrected chi connectivity index (χ0v) is 20.2. The molecule has 1 aromatic rings. The lowest BCUT2D eigenvalue weighted by Gasteiger charge is -2.48. The molecule has 3 heterocycles. The summed E-state index contributed by atoms with van der Waals surface area (Å²) in [5, 5.41) is 12.0. The molecule has 1 fully saturated rings. The highest BCUT2D eigenvalue weighted by Crippen LogP contribution is 2.55. The van der Waals surface area contributed by atoms with Crippen molar-refractivity contribution in [2.24, 2.45) is 21.1 Å². The Morgan fingerprint density at radius 1 is 1.18 bits per heavy atom. The van der Waals surface area contributed by atoms with Crippen molar-refractivity contribution in [2.45, 2.75) is 51.3 Å². The average Bonchev–Trinajstić information content (AvgIpc) is 3.23. The fourth-order valence-electron chi connectivity index (χ4n) is 5.77. The molecule has 1 aliphatic carbocycles. The first kappa shape index (κ1) is 22.3. The first-order valence-corrected chi connectivity index (χ1v) is 13.0. The van der Waals surface area contributed by atoms with Crippen LogP contribution in [0.4, 0.5) is 0 Å². The van der Waals surface area contributed by atoms with Crippen molar-refractivity contribution in [1.82, 2.24) is 9.62 Å². The Balaban J connectivity index is 1.46. The van der Waals surface area contributed by atoms with Gasteiger partial charge in [0.1, 0.15) is 5.75 Å².